The topological polar surface area (TPSA) is 149 Å². The minimum absolute atomic E-state index is 0. The van der Waals surface area contributed by atoms with Crippen LogP contribution in [0.3, 0.4) is 0 Å². The first-order valence-electron chi connectivity index (χ1n) is 3.71. The van der Waals surface area contributed by atoms with Crippen molar-refractivity contribution in [2.75, 3.05) is 0 Å². The molecule has 0 amide bonds. The summed E-state index contributed by atoms with van der Waals surface area (Å²) in [5.74, 6) is -3.33. The van der Waals surface area contributed by atoms with Crippen molar-refractivity contribution in [2.45, 2.75) is 27.7 Å². The maximum absolute atomic E-state index is 9.00. The molecule has 0 fully saturated rings. The van der Waals surface area contributed by atoms with E-state index in [9.17, 15) is 0 Å². The zero-order chi connectivity index (χ0) is 14.3. The Labute approximate surface area is 132 Å². The summed E-state index contributed by atoms with van der Waals surface area (Å²) in [5, 5.41) is 29.7. The second-order valence-corrected chi connectivity index (χ2v) is 2.08. The van der Waals surface area contributed by atoms with Crippen LogP contribution in [-0.4, -0.2) is 44.3 Å². The maximum atomic E-state index is 9.00. The predicted molar refractivity (Wildman–Crippen MR) is 53.2 cm³/mol. The van der Waals surface area contributed by atoms with E-state index in [0.717, 1.165) is 27.7 Å². The Bertz CT molecular complexity index is 162. The monoisotopic (exact) mass is 381 g/mol. The van der Waals surface area contributed by atoms with Gasteiger partial charge in [-0.15, -0.1) is 0 Å². The van der Waals surface area contributed by atoms with Crippen LogP contribution in [-0.2, 0) is 19.2 Å². The molecular weight excluding hydrogens is 365 g/mol. The van der Waals surface area contributed by atoms with E-state index in [4.69, 9.17) is 39.6 Å². The molecule has 0 aliphatic carbocycles. The van der Waals surface area contributed by atoms with E-state index in [1.165, 1.54) is 0 Å². The molecule has 9 heteroatoms. The molecule has 17 heavy (non-hydrogen) atoms. The van der Waals surface area contributed by atoms with Crippen LogP contribution in [0.1, 0.15) is 27.7 Å². The standard InChI is InChI=1S/4C2H4O2.Pr/c4*1-2(3)4;/h4*1H3,(H,3,4);. The van der Waals surface area contributed by atoms with Crippen LogP contribution in [0.4, 0.5) is 0 Å². The van der Waals surface area contributed by atoms with Crippen LogP contribution < -0.4 is 0 Å². The smallest absolute Gasteiger partial charge is 0.300 e. The molecule has 0 aromatic carbocycles. The van der Waals surface area contributed by atoms with E-state index in [-0.39, 0.29) is 41.3 Å². The summed E-state index contributed by atoms with van der Waals surface area (Å²) < 4.78 is 0. The Morgan fingerprint density at radius 2 is 0.529 bits per heavy atom. The van der Waals surface area contributed by atoms with Gasteiger partial charge in [0.15, 0.2) is 0 Å². The van der Waals surface area contributed by atoms with Gasteiger partial charge in [-0.3, -0.25) is 19.2 Å². The zero-order valence-corrected chi connectivity index (χ0v) is 13.7. The Kier molecular flexibility index (Phi) is 43.0. The largest absolute Gasteiger partial charge is 0.481 e. The van der Waals surface area contributed by atoms with Crippen LogP contribution in [0.25, 0.3) is 0 Å². The molecule has 0 saturated carbocycles. The number of rotatable bonds is 0. The van der Waals surface area contributed by atoms with Crippen LogP contribution >= 0.6 is 0 Å². The number of hydrogen-bond donors (Lipinski definition) is 4. The minimum Gasteiger partial charge on any atom is -0.481 e. The third kappa shape index (κ3) is 4670. The van der Waals surface area contributed by atoms with Crippen molar-refractivity contribution in [2.24, 2.45) is 0 Å². The van der Waals surface area contributed by atoms with Gasteiger partial charge in [0, 0.05) is 69.0 Å². The van der Waals surface area contributed by atoms with Gasteiger partial charge in [-0.25, -0.2) is 0 Å². The van der Waals surface area contributed by atoms with Crippen molar-refractivity contribution in [3.05, 3.63) is 0 Å². The minimum atomic E-state index is -0.833. The van der Waals surface area contributed by atoms with Crippen LogP contribution in [0.2, 0.25) is 0 Å². The van der Waals surface area contributed by atoms with Crippen molar-refractivity contribution in [1.82, 2.24) is 0 Å². The first kappa shape index (κ1) is 29.9. The molecule has 0 aliphatic rings. The molecule has 0 spiro atoms. The van der Waals surface area contributed by atoms with E-state index in [1.807, 2.05) is 0 Å². The molecule has 0 saturated heterocycles. The third-order valence-corrected chi connectivity index (χ3v) is 0. The van der Waals surface area contributed by atoms with Gasteiger partial charge in [0.1, 0.15) is 0 Å². The van der Waals surface area contributed by atoms with Gasteiger partial charge in [0.2, 0.25) is 0 Å². The first-order valence-corrected chi connectivity index (χ1v) is 3.71. The van der Waals surface area contributed by atoms with Crippen LogP contribution in [0, 0.1) is 41.3 Å². The summed E-state index contributed by atoms with van der Waals surface area (Å²) in [4.78, 5) is 36.0. The molecule has 0 aliphatic heterocycles. The molecule has 0 aromatic rings. The van der Waals surface area contributed by atoms with Crippen molar-refractivity contribution < 1.29 is 80.9 Å². The van der Waals surface area contributed by atoms with E-state index >= 15 is 0 Å². The molecule has 0 aromatic heterocycles. The molecule has 0 unspecified atom stereocenters. The van der Waals surface area contributed by atoms with Crippen molar-refractivity contribution in [3.63, 3.8) is 0 Å². The van der Waals surface area contributed by atoms with Gasteiger partial charge in [-0.2, -0.15) is 0 Å². The number of carboxylic acid groups (broad SMARTS) is 4. The molecule has 0 bridgehead atoms. The number of carbonyl (C=O) groups is 4. The second-order valence-electron chi connectivity index (χ2n) is 2.08. The SMILES string of the molecule is CC(=O)O.CC(=O)O.CC(=O)O.CC(=O)O.[Pr]. The number of hydrogen-bond acceptors (Lipinski definition) is 4. The summed E-state index contributed by atoms with van der Waals surface area (Å²) in [6, 6.07) is 0. The summed E-state index contributed by atoms with van der Waals surface area (Å²) >= 11 is 0. The molecular formula is C8H16O8Pr. The van der Waals surface area contributed by atoms with Gasteiger partial charge >= 0.3 is 0 Å². The Balaban J connectivity index is -0.0000000369. The summed E-state index contributed by atoms with van der Waals surface area (Å²) in [6.45, 7) is 4.33. The average Bonchev–Trinajstić information content (AvgIpc) is 1.76. The van der Waals surface area contributed by atoms with Crippen molar-refractivity contribution in [1.29, 1.82) is 0 Å². The fourth-order valence-corrected chi connectivity index (χ4v) is 0. The molecule has 1 radical (unpaired) electrons. The second kappa shape index (κ2) is 24.5. The molecule has 0 rings (SSSR count). The average molecular weight is 381 g/mol. The van der Waals surface area contributed by atoms with E-state index in [2.05, 4.69) is 0 Å². The van der Waals surface area contributed by atoms with Gasteiger partial charge in [0.05, 0.1) is 0 Å². The third-order valence-electron chi connectivity index (χ3n) is 0. The van der Waals surface area contributed by atoms with Crippen LogP contribution in [0.5, 0.6) is 0 Å². The zero-order valence-electron chi connectivity index (χ0n) is 10.00. The molecule has 0 atom stereocenters. The van der Waals surface area contributed by atoms with Crippen LogP contribution in [0.15, 0.2) is 0 Å². The number of aliphatic carboxylic acids is 4. The Hall–Kier alpha value is -0.756. The molecule has 8 nitrogen and oxygen atoms in total. The number of carboxylic acids is 4. The van der Waals surface area contributed by atoms with Crippen molar-refractivity contribution >= 4 is 23.9 Å². The molecule has 4 N–H and O–H groups in total. The van der Waals surface area contributed by atoms with Gasteiger partial charge in [-0.05, 0) is 0 Å². The quantitative estimate of drug-likeness (QED) is 0.470. The fraction of sp³-hybridized carbons (Fsp3) is 0.500. The predicted octanol–water partition coefficient (Wildman–Crippen LogP) is 0.364. The summed E-state index contributed by atoms with van der Waals surface area (Å²) in [6.07, 6.45) is 0. The summed E-state index contributed by atoms with van der Waals surface area (Å²) in [7, 11) is 0. The van der Waals surface area contributed by atoms with Gasteiger partial charge in [0.25, 0.3) is 23.9 Å². The first-order chi connectivity index (χ1) is 6.93. The normalized spacial score (nSPS) is 5.88. The maximum Gasteiger partial charge on any atom is 0.300 e. The van der Waals surface area contributed by atoms with Crippen molar-refractivity contribution in [3.8, 4) is 0 Å². The van der Waals surface area contributed by atoms with E-state index in [1.54, 1.807) is 0 Å². The fourth-order valence-electron chi connectivity index (χ4n) is 0. The van der Waals surface area contributed by atoms with Gasteiger partial charge < -0.3 is 20.4 Å². The molecule has 99 valence electrons. The van der Waals surface area contributed by atoms with Gasteiger partial charge in [-0.1, -0.05) is 0 Å². The van der Waals surface area contributed by atoms with E-state index in [0.29, 0.717) is 0 Å². The molecule has 0 heterocycles. The Morgan fingerprint density at radius 1 is 0.529 bits per heavy atom. The van der Waals surface area contributed by atoms with E-state index < -0.39 is 23.9 Å². The summed E-state index contributed by atoms with van der Waals surface area (Å²) in [5.41, 5.74) is 0. The Morgan fingerprint density at radius 3 is 0.529 bits per heavy atom.